The smallest absolute Gasteiger partial charge is 0.233 e. The molecule has 0 bridgehead atoms. The van der Waals surface area contributed by atoms with Crippen molar-refractivity contribution in [2.24, 2.45) is 0 Å². The van der Waals surface area contributed by atoms with Gasteiger partial charge in [0.15, 0.2) is 0 Å². The van der Waals surface area contributed by atoms with Gasteiger partial charge in [0.1, 0.15) is 0 Å². The van der Waals surface area contributed by atoms with Crippen LogP contribution in [0.25, 0.3) is 0 Å². The molecule has 0 aliphatic heterocycles. The van der Waals surface area contributed by atoms with E-state index in [0.717, 1.165) is 0 Å². The zero-order valence-corrected chi connectivity index (χ0v) is 4.22. The average molecular weight is 104 g/mol. The minimum Gasteiger partial charge on any atom is -0.285 e. The molecule has 8 heavy (non-hydrogen) atoms. The highest BCUT2D eigenvalue weighted by Gasteiger charge is 1.82. The Labute approximate surface area is 48.0 Å². The molecule has 0 N–H and O–H groups in total. The van der Waals surface area contributed by atoms with Crippen LogP contribution in [0.2, 0.25) is 0 Å². The van der Waals surface area contributed by atoms with E-state index < -0.39 is 0 Å². The number of hydrogen-bond donors (Lipinski definition) is 0. The average Bonchev–Trinajstić information content (AvgIpc) is 1.90. The minimum atomic E-state index is 0.573. The van der Waals surface area contributed by atoms with Crippen LogP contribution in [0.1, 0.15) is 5.56 Å². The van der Waals surface area contributed by atoms with Gasteiger partial charge in [0.05, 0.1) is 0 Å². The van der Waals surface area contributed by atoms with Gasteiger partial charge in [-0.15, -0.1) is 0 Å². The van der Waals surface area contributed by atoms with Crippen molar-refractivity contribution in [2.75, 3.05) is 0 Å². The second-order valence-corrected chi connectivity index (χ2v) is 1.39. The van der Waals surface area contributed by atoms with E-state index >= 15 is 0 Å². The van der Waals surface area contributed by atoms with E-state index in [9.17, 15) is 4.79 Å². The van der Waals surface area contributed by atoms with Crippen LogP contribution >= 0.6 is 0 Å². The molecule has 2 radical (unpaired) electrons. The molecule has 1 aromatic carbocycles. The second-order valence-electron chi connectivity index (χ2n) is 1.39. The van der Waals surface area contributed by atoms with E-state index in [4.69, 9.17) is 0 Å². The highest BCUT2D eigenvalue weighted by molar-refractivity contribution is 5.74. The molecule has 0 heterocycles. The lowest BCUT2D eigenvalue weighted by Gasteiger charge is -1.80. The summed E-state index contributed by atoms with van der Waals surface area (Å²) in [6.07, 6.45) is 1.76. The molecule has 38 valence electrons. The van der Waals surface area contributed by atoms with Crippen LogP contribution in [-0.2, 0) is 4.79 Å². The zero-order valence-electron chi connectivity index (χ0n) is 4.22. The highest BCUT2D eigenvalue weighted by atomic mass is 16.1. The molecule has 0 aliphatic rings. The molecule has 0 fully saturated rings. The van der Waals surface area contributed by atoms with Gasteiger partial charge >= 0.3 is 0 Å². The molecule has 1 nitrogen and oxygen atoms in total. The topological polar surface area (TPSA) is 17.1 Å². The molecule has 0 saturated carbocycles. The van der Waals surface area contributed by atoms with E-state index in [0.29, 0.717) is 5.56 Å². The highest BCUT2D eigenvalue weighted by Crippen LogP contribution is 1.90. The maximum atomic E-state index is 9.87. The third-order valence-corrected chi connectivity index (χ3v) is 0.836. The molecule has 0 unspecified atom stereocenters. The zero-order chi connectivity index (χ0) is 5.82. The maximum Gasteiger partial charge on any atom is 0.233 e. The number of carbonyl (C=O) groups excluding carboxylic acids is 1. The molecule has 0 spiro atoms. The fraction of sp³-hybridized carbons (Fsp3) is 0. The van der Waals surface area contributed by atoms with Crippen molar-refractivity contribution < 1.29 is 4.79 Å². The van der Waals surface area contributed by atoms with Gasteiger partial charge in [-0.3, -0.25) is 4.79 Å². The Morgan fingerprint density at radius 2 is 2.00 bits per heavy atom. The summed E-state index contributed by atoms with van der Waals surface area (Å²) in [7, 11) is 0. The molecule has 0 amide bonds. The Balaban J connectivity index is 2.99. The Kier molecular flexibility index (Phi) is 1.42. The summed E-state index contributed by atoms with van der Waals surface area (Å²) in [5.41, 5.74) is 0.573. The van der Waals surface area contributed by atoms with E-state index in [1.807, 2.05) is 0 Å². The van der Waals surface area contributed by atoms with Gasteiger partial charge in [0.25, 0.3) is 0 Å². The molecule has 0 atom stereocenters. The SMILES string of the molecule is O=[C]c1cc[c]cc1. The number of hydrogen-bond acceptors (Lipinski definition) is 1. The Hall–Kier alpha value is -1.11. The lowest BCUT2D eigenvalue weighted by molar-refractivity contribution is 0.563. The summed E-state index contributed by atoms with van der Waals surface area (Å²) in [6.45, 7) is 0. The van der Waals surface area contributed by atoms with Gasteiger partial charge in [-0.05, 0) is 6.07 Å². The first-order valence-electron chi connectivity index (χ1n) is 2.28. The quantitative estimate of drug-likeness (QED) is 0.518. The van der Waals surface area contributed by atoms with E-state index in [1.165, 1.54) is 0 Å². The van der Waals surface area contributed by atoms with Gasteiger partial charge in [0.2, 0.25) is 6.29 Å². The predicted molar refractivity (Wildman–Crippen MR) is 30.1 cm³/mol. The van der Waals surface area contributed by atoms with Crippen LogP contribution in [0, 0.1) is 6.07 Å². The molecular formula is C7H4O. The first-order valence-corrected chi connectivity index (χ1v) is 2.28. The Morgan fingerprint density at radius 3 is 2.38 bits per heavy atom. The normalized spacial score (nSPS) is 8.50. The van der Waals surface area contributed by atoms with Crippen molar-refractivity contribution in [3.8, 4) is 0 Å². The number of rotatable bonds is 1. The summed E-state index contributed by atoms with van der Waals surface area (Å²) >= 11 is 0. The molecule has 0 aromatic heterocycles. The first kappa shape index (κ1) is 5.04. The number of benzene rings is 1. The standard InChI is InChI=1S/C7H4O/c8-6-7-4-2-1-3-5-7/h2-5H. The van der Waals surface area contributed by atoms with Crippen molar-refractivity contribution in [3.63, 3.8) is 0 Å². The van der Waals surface area contributed by atoms with E-state index in [-0.39, 0.29) is 0 Å². The van der Waals surface area contributed by atoms with Crippen molar-refractivity contribution in [3.05, 3.63) is 35.9 Å². The molecule has 1 rings (SSSR count). The fourth-order valence-electron chi connectivity index (χ4n) is 0.455. The largest absolute Gasteiger partial charge is 0.285 e. The van der Waals surface area contributed by atoms with Crippen LogP contribution in [0.4, 0.5) is 0 Å². The van der Waals surface area contributed by atoms with Gasteiger partial charge in [-0.2, -0.15) is 0 Å². The lowest BCUT2D eigenvalue weighted by atomic mass is 10.2. The summed E-state index contributed by atoms with van der Waals surface area (Å²) in [4.78, 5) is 9.87. The molecular weight excluding hydrogens is 100 g/mol. The second kappa shape index (κ2) is 2.26. The summed E-state index contributed by atoms with van der Waals surface area (Å²) in [5.74, 6) is 0. The van der Waals surface area contributed by atoms with Crippen molar-refractivity contribution in [2.45, 2.75) is 0 Å². The molecule has 1 aromatic rings. The van der Waals surface area contributed by atoms with Crippen molar-refractivity contribution >= 4 is 6.29 Å². The summed E-state index contributed by atoms with van der Waals surface area (Å²) < 4.78 is 0. The Bertz CT molecular complexity index is 167. The van der Waals surface area contributed by atoms with Crippen LogP contribution in [0.5, 0.6) is 0 Å². The summed E-state index contributed by atoms with van der Waals surface area (Å²) in [6, 6.07) is 9.47. The van der Waals surface area contributed by atoms with Crippen molar-refractivity contribution in [1.82, 2.24) is 0 Å². The molecule has 1 heteroatoms. The molecule has 0 saturated heterocycles. The third kappa shape index (κ3) is 0.936. The van der Waals surface area contributed by atoms with Crippen LogP contribution < -0.4 is 0 Å². The third-order valence-electron chi connectivity index (χ3n) is 0.836. The van der Waals surface area contributed by atoms with Crippen LogP contribution in [-0.4, -0.2) is 6.29 Å². The fourth-order valence-corrected chi connectivity index (χ4v) is 0.455. The van der Waals surface area contributed by atoms with Gasteiger partial charge in [-0.25, -0.2) is 0 Å². The van der Waals surface area contributed by atoms with Gasteiger partial charge in [0, 0.05) is 5.56 Å². The first-order chi connectivity index (χ1) is 3.93. The van der Waals surface area contributed by atoms with Crippen molar-refractivity contribution in [1.29, 1.82) is 0 Å². The minimum absolute atomic E-state index is 0.573. The van der Waals surface area contributed by atoms with E-state index in [2.05, 4.69) is 6.07 Å². The molecule has 0 aliphatic carbocycles. The van der Waals surface area contributed by atoms with Gasteiger partial charge in [-0.1, -0.05) is 24.3 Å². The van der Waals surface area contributed by atoms with Gasteiger partial charge < -0.3 is 0 Å². The monoisotopic (exact) mass is 104 g/mol. The maximum absolute atomic E-state index is 9.87. The Morgan fingerprint density at radius 1 is 1.38 bits per heavy atom. The van der Waals surface area contributed by atoms with E-state index in [1.54, 1.807) is 30.6 Å². The predicted octanol–water partition coefficient (Wildman–Crippen LogP) is 0.945. The lowest BCUT2D eigenvalue weighted by Crippen LogP contribution is -1.74. The summed E-state index contributed by atoms with van der Waals surface area (Å²) in [5, 5.41) is 0. The van der Waals surface area contributed by atoms with Crippen LogP contribution in [0.15, 0.2) is 24.3 Å². The van der Waals surface area contributed by atoms with Crippen LogP contribution in [0.3, 0.4) is 0 Å².